The highest BCUT2D eigenvalue weighted by molar-refractivity contribution is 7.10. The number of nitrogens with zero attached hydrogens (tertiary/aromatic N) is 1. The van der Waals surface area contributed by atoms with Crippen molar-refractivity contribution in [2.75, 3.05) is 13.2 Å². The van der Waals surface area contributed by atoms with Gasteiger partial charge in [0.25, 0.3) is 5.91 Å². The minimum absolute atomic E-state index is 0.218. The Balaban J connectivity index is 1.63. The van der Waals surface area contributed by atoms with Crippen LogP contribution in [0.15, 0.2) is 54.4 Å². The molecule has 2 aromatic heterocycles. The summed E-state index contributed by atoms with van der Waals surface area (Å²) in [5.74, 6) is -1.32. The Morgan fingerprint density at radius 2 is 2.00 bits per heavy atom. The van der Waals surface area contributed by atoms with Gasteiger partial charge in [-0.15, -0.1) is 17.9 Å². The summed E-state index contributed by atoms with van der Waals surface area (Å²) in [5.41, 5.74) is 3.83. The van der Waals surface area contributed by atoms with Gasteiger partial charge in [-0.1, -0.05) is 30.3 Å². The zero-order chi connectivity index (χ0) is 23.2. The van der Waals surface area contributed by atoms with Crippen LogP contribution in [0, 0.1) is 0 Å². The molecule has 33 heavy (non-hydrogen) atoms. The van der Waals surface area contributed by atoms with E-state index < -0.39 is 24.5 Å². The smallest absolute Gasteiger partial charge is 0.339 e. The maximum Gasteiger partial charge on any atom is 0.339 e. The summed E-state index contributed by atoms with van der Waals surface area (Å²) in [7, 11) is 0. The molecule has 168 valence electrons. The number of imide groups is 1. The Morgan fingerprint density at radius 3 is 2.79 bits per heavy atom. The first-order chi connectivity index (χ1) is 16.1. The van der Waals surface area contributed by atoms with Crippen LogP contribution in [0.3, 0.4) is 0 Å². The lowest BCUT2D eigenvalue weighted by Crippen LogP contribution is -2.41. The standard InChI is InChI=1S/C25H23N3O4S/c1-2-12-26-25(31)28-21(29)15-32-24(30)22-18-9-3-4-11-20(18)27-23-16(7-5-10-19(22)23)14-17-8-6-13-33-17/h2-4,6,8-9,11,13-14H,1,5,7,10,12,15H2,(H2,26,28,29,31)/b16-14-. The van der Waals surface area contributed by atoms with E-state index in [9.17, 15) is 14.4 Å². The normalized spacial score (nSPS) is 13.9. The van der Waals surface area contributed by atoms with Crippen LogP contribution in [0.5, 0.6) is 0 Å². The quantitative estimate of drug-likeness (QED) is 0.420. The van der Waals surface area contributed by atoms with Crippen molar-refractivity contribution < 1.29 is 19.1 Å². The van der Waals surface area contributed by atoms with E-state index in [1.54, 1.807) is 11.3 Å². The van der Waals surface area contributed by atoms with Crippen molar-refractivity contribution >= 4 is 51.8 Å². The molecule has 0 unspecified atom stereocenters. The summed E-state index contributed by atoms with van der Waals surface area (Å²) in [6.45, 7) is 3.14. The van der Waals surface area contributed by atoms with Crippen LogP contribution in [-0.4, -0.2) is 36.0 Å². The lowest BCUT2D eigenvalue weighted by Gasteiger charge is -2.22. The van der Waals surface area contributed by atoms with Crippen LogP contribution < -0.4 is 10.6 Å². The Morgan fingerprint density at radius 1 is 1.15 bits per heavy atom. The number of hydrogen-bond acceptors (Lipinski definition) is 6. The van der Waals surface area contributed by atoms with E-state index in [2.05, 4.69) is 23.3 Å². The second-order valence-electron chi connectivity index (χ2n) is 7.49. The third-order valence-electron chi connectivity index (χ3n) is 5.23. The summed E-state index contributed by atoms with van der Waals surface area (Å²) in [4.78, 5) is 42.8. The predicted octanol–water partition coefficient (Wildman–Crippen LogP) is 4.34. The molecule has 8 heteroatoms. The molecule has 0 radical (unpaired) electrons. The number of nitrogens with one attached hydrogen (secondary N) is 2. The zero-order valence-electron chi connectivity index (χ0n) is 17.9. The van der Waals surface area contributed by atoms with Gasteiger partial charge in [-0.05, 0) is 54.0 Å². The average Bonchev–Trinajstić information content (AvgIpc) is 3.33. The largest absolute Gasteiger partial charge is 0.452 e. The molecule has 0 aliphatic heterocycles. The van der Waals surface area contributed by atoms with E-state index >= 15 is 0 Å². The van der Waals surface area contributed by atoms with Gasteiger partial charge < -0.3 is 10.1 Å². The van der Waals surface area contributed by atoms with Gasteiger partial charge in [0.15, 0.2) is 6.61 Å². The number of thiophene rings is 1. The van der Waals surface area contributed by atoms with Gasteiger partial charge in [0.2, 0.25) is 0 Å². The minimum atomic E-state index is -0.713. The first-order valence-electron chi connectivity index (χ1n) is 10.6. The van der Waals surface area contributed by atoms with Crippen molar-refractivity contribution in [3.8, 4) is 0 Å². The number of amides is 3. The molecule has 2 heterocycles. The number of para-hydroxylation sites is 1. The van der Waals surface area contributed by atoms with Gasteiger partial charge in [-0.2, -0.15) is 0 Å². The summed E-state index contributed by atoms with van der Waals surface area (Å²) in [6.07, 6.45) is 6.05. The number of allylic oxidation sites excluding steroid dienone is 1. The highest BCUT2D eigenvalue weighted by Gasteiger charge is 2.26. The molecular formula is C25H23N3O4S. The SMILES string of the molecule is C=CCNC(=O)NC(=O)COC(=O)c1c2c(nc3ccccc13)/C(=C\c1cccs1)CCC2. The Labute approximate surface area is 195 Å². The fourth-order valence-corrected chi connectivity index (χ4v) is 4.51. The predicted molar refractivity (Wildman–Crippen MR) is 129 cm³/mol. The first-order valence-corrected chi connectivity index (χ1v) is 11.5. The van der Waals surface area contributed by atoms with Crippen molar-refractivity contribution in [2.24, 2.45) is 0 Å². The van der Waals surface area contributed by atoms with E-state index in [1.807, 2.05) is 41.8 Å². The van der Waals surface area contributed by atoms with Crippen molar-refractivity contribution in [2.45, 2.75) is 19.3 Å². The van der Waals surface area contributed by atoms with E-state index in [-0.39, 0.29) is 6.54 Å². The lowest BCUT2D eigenvalue weighted by atomic mass is 9.86. The average molecular weight is 462 g/mol. The Kier molecular flexibility index (Phi) is 6.95. The van der Waals surface area contributed by atoms with Gasteiger partial charge in [0.05, 0.1) is 16.8 Å². The topological polar surface area (TPSA) is 97.4 Å². The lowest BCUT2D eigenvalue weighted by molar-refractivity contribution is -0.123. The molecule has 0 bridgehead atoms. The van der Waals surface area contributed by atoms with Gasteiger partial charge >= 0.3 is 12.0 Å². The highest BCUT2D eigenvalue weighted by Crippen LogP contribution is 2.36. The number of ether oxygens (including phenoxy) is 1. The number of fused-ring (bicyclic) bond motifs is 2. The van der Waals surface area contributed by atoms with Crippen LogP contribution >= 0.6 is 11.3 Å². The maximum atomic E-state index is 13.2. The number of urea groups is 1. The van der Waals surface area contributed by atoms with E-state index in [0.29, 0.717) is 22.9 Å². The molecule has 0 saturated carbocycles. The third kappa shape index (κ3) is 5.18. The maximum absolute atomic E-state index is 13.2. The third-order valence-corrected chi connectivity index (χ3v) is 6.05. The van der Waals surface area contributed by atoms with Crippen molar-refractivity contribution in [1.29, 1.82) is 0 Å². The molecule has 1 aliphatic carbocycles. The van der Waals surface area contributed by atoms with Gasteiger partial charge in [-0.3, -0.25) is 10.1 Å². The zero-order valence-corrected chi connectivity index (χ0v) is 18.7. The fraction of sp³-hybridized carbons (Fsp3) is 0.200. The van der Waals surface area contributed by atoms with Crippen LogP contribution in [-0.2, 0) is 16.0 Å². The molecule has 1 aromatic carbocycles. The first kappa shape index (κ1) is 22.4. The van der Waals surface area contributed by atoms with Crippen molar-refractivity contribution in [3.05, 3.63) is 76.1 Å². The molecule has 0 spiro atoms. The molecule has 3 aromatic rings. The van der Waals surface area contributed by atoms with Crippen LogP contribution in [0.4, 0.5) is 4.79 Å². The van der Waals surface area contributed by atoms with Gasteiger partial charge in [-0.25, -0.2) is 14.6 Å². The van der Waals surface area contributed by atoms with Crippen LogP contribution in [0.1, 0.15) is 39.3 Å². The molecule has 0 fully saturated rings. The second-order valence-corrected chi connectivity index (χ2v) is 8.47. The number of benzene rings is 1. The number of pyridine rings is 1. The Bertz CT molecular complexity index is 1250. The Hall–Kier alpha value is -3.78. The van der Waals surface area contributed by atoms with E-state index in [0.717, 1.165) is 34.5 Å². The number of hydrogen-bond donors (Lipinski definition) is 2. The minimum Gasteiger partial charge on any atom is -0.452 e. The molecule has 0 atom stereocenters. The molecule has 7 nitrogen and oxygen atoms in total. The highest BCUT2D eigenvalue weighted by atomic mass is 32.1. The fourth-order valence-electron chi connectivity index (χ4n) is 3.83. The summed E-state index contributed by atoms with van der Waals surface area (Å²) in [6, 6.07) is 10.8. The number of carbonyl (C=O) groups is 3. The van der Waals surface area contributed by atoms with Crippen molar-refractivity contribution in [3.63, 3.8) is 0 Å². The van der Waals surface area contributed by atoms with Gasteiger partial charge in [0, 0.05) is 16.8 Å². The molecule has 3 amide bonds. The monoisotopic (exact) mass is 461 g/mol. The van der Waals surface area contributed by atoms with Crippen LogP contribution in [0.25, 0.3) is 22.6 Å². The molecule has 0 saturated heterocycles. The molecule has 4 rings (SSSR count). The van der Waals surface area contributed by atoms with Crippen molar-refractivity contribution in [1.82, 2.24) is 15.6 Å². The van der Waals surface area contributed by atoms with Gasteiger partial charge in [0.1, 0.15) is 0 Å². The number of carbonyl (C=O) groups excluding carboxylic acids is 3. The summed E-state index contributed by atoms with van der Waals surface area (Å²) >= 11 is 1.65. The summed E-state index contributed by atoms with van der Waals surface area (Å²) < 4.78 is 5.31. The molecule has 2 N–H and O–H groups in total. The summed E-state index contributed by atoms with van der Waals surface area (Å²) in [5, 5.41) is 7.25. The number of esters is 1. The van der Waals surface area contributed by atoms with E-state index in [1.165, 1.54) is 6.08 Å². The second kappa shape index (κ2) is 10.2. The number of rotatable bonds is 6. The van der Waals surface area contributed by atoms with E-state index in [4.69, 9.17) is 9.72 Å². The van der Waals surface area contributed by atoms with Crippen LogP contribution in [0.2, 0.25) is 0 Å². The molecular weight excluding hydrogens is 438 g/mol. The molecule has 1 aliphatic rings. The number of aromatic nitrogens is 1.